The molecule has 0 bridgehead atoms. The van der Waals surface area contributed by atoms with Crippen LogP contribution >= 0.6 is 0 Å². The maximum absolute atomic E-state index is 4.82. The molecule has 6 nitrogen and oxygen atoms in total. The van der Waals surface area contributed by atoms with Gasteiger partial charge in [-0.15, -0.1) is 0 Å². The van der Waals surface area contributed by atoms with E-state index in [9.17, 15) is 0 Å². The molecule has 2 aromatic heterocycles. The highest BCUT2D eigenvalue weighted by atomic mass is 15.3. The quantitative estimate of drug-likeness (QED) is 0.554. The Morgan fingerprint density at radius 3 is 2.30 bits per heavy atom. The van der Waals surface area contributed by atoms with Gasteiger partial charge in [-0.2, -0.15) is 0 Å². The molecule has 0 unspecified atom stereocenters. The highest BCUT2D eigenvalue weighted by Gasteiger charge is 2.37. The summed E-state index contributed by atoms with van der Waals surface area (Å²) in [7, 11) is 0. The summed E-state index contributed by atoms with van der Waals surface area (Å²) in [4.78, 5) is 23.1. The standard InChI is InChI=1S/C24H27N6/c1-2-8-18-17(7-1)25-23(26-18)15-29-13-5-11-21(29)22-12-6-14-30(22)16-24-27-19-9-3-4-10-20(19)28-24/h1-4,7-10,21-22H,5-6,11-16H2,(H-,25,26,27,28)/q-1/t21-,22-/m0/s1. The summed E-state index contributed by atoms with van der Waals surface area (Å²) in [6.45, 7) is 4.06. The lowest BCUT2D eigenvalue weighted by molar-refractivity contribution is 0.121. The second-order valence-electron chi connectivity index (χ2n) is 8.69. The number of para-hydroxylation sites is 4. The molecule has 4 heterocycles. The molecule has 4 aromatic rings. The van der Waals surface area contributed by atoms with E-state index in [0.717, 1.165) is 59.9 Å². The zero-order valence-electron chi connectivity index (χ0n) is 17.2. The summed E-state index contributed by atoms with van der Waals surface area (Å²) in [6, 6.07) is 17.7. The van der Waals surface area contributed by atoms with Gasteiger partial charge in [-0.05, 0) is 61.9 Å². The van der Waals surface area contributed by atoms with E-state index in [-0.39, 0.29) is 0 Å². The molecule has 1 N–H and O–H groups in total. The zero-order chi connectivity index (χ0) is 19.9. The van der Waals surface area contributed by atoms with Crippen molar-refractivity contribution in [1.82, 2.24) is 29.7 Å². The number of benzene rings is 2. The van der Waals surface area contributed by atoms with Crippen molar-refractivity contribution in [2.75, 3.05) is 13.1 Å². The zero-order valence-corrected chi connectivity index (χ0v) is 17.2. The molecule has 2 saturated heterocycles. The number of likely N-dealkylation sites (tertiary alicyclic amines) is 2. The molecule has 2 aromatic carbocycles. The summed E-state index contributed by atoms with van der Waals surface area (Å²) in [6.07, 6.45) is 5.07. The topological polar surface area (TPSA) is 62.2 Å². The fourth-order valence-corrected chi connectivity index (χ4v) is 5.45. The summed E-state index contributed by atoms with van der Waals surface area (Å²) in [5.41, 5.74) is 4.21. The van der Waals surface area contributed by atoms with Crippen LogP contribution in [0.25, 0.3) is 22.1 Å². The summed E-state index contributed by atoms with van der Waals surface area (Å²) in [5.74, 6) is 2.04. The minimum atomic E-state index is 0.582. The monoisotopic (exact) mass is 399 g/mol. The van der Waals surface area contributed by atoms with Crippen molar-refractivity contribution in [3.05, 3.63) is 60.2 Å². The third-order valence-corrected chi connectivity index (χ3v) is 6.79. The molecular formula is C24H27N6-. The lowest BCUT2D eigenvalue weighted by Crippen LogP contribution is -2.45. The third-order valence-electron chi connectivity index (χ3n) is 6.79. The third kappa shape index (κ3) is 3.30. The normalized spacial score (nSPS) is 23.2. The van der Waals surface area contributed by atoms with Gasteiger partial charge in [-0.1, -0.05) is 42.2 Å². The van der Waals surface area contributed by atoms with E-state index in [0.29, 0.717) is 12.1 Å². The van der Waals surface area contributed by atoms with Gasteiger partial charge in [0.1, 0.15) is 5.82 Å². The fourth-order valence-electron chi connectivity index (χ4n) is 5.45. The van der Waals surface area contributed by atoms with E-state index in [1.54, 1.807) is 0 Å². The van der Waals surface area contributed by atoms with Crippen LogP contribution in [-0.2, 0) is 13.1 Å². The molecule has 0 spiro atoms. The van der Waals surface area contributed by atoms with Gasteiger partial charge >= 0.3 is 0 Å². The minimum absolute atomic E-state index is 0.582. The van der Waals surface area contributed by atoms with Gasteiger partial charge in [0, 0.05) is 18.6 Å². The second-order valence-corrected chi connectivity index (χ2v) is 8.69. The van der Waals surface area contributed by atoms with Crippen LogP contribution in [0, 0.1) is 0 Å². The number of aromatic amines is 1. The Kier molecular flexibility index (Phi) is 4.54. The van der Waals surface area contributed by atoms with Crippen LogP contribution in [0.3, 0.4) is 0 Å². The van der Waals surface area contributed by atoms with Gasteiger partial charge in [-0.3, -0.25) is 9.80 Å². The number of hydrogen-bond donors (Lipinski definition) is 1. The summed E-state index contributed by atoms with van der Waals surface area (Å²) in [5, 5.41) is 0. The lowest BCUT2D eigenvalue weighted by atomic mass is 10.0. The van der Waals surface area contributed by atoms with Crippen molar-refractivity contribution in [3.8, 4) is 0 Å². The number of nitrogens with one attached hydrogen (secondary N) is 1. The Balaban J connectivity index is 1.19. The van der Waals surface area contributed by atoms with Gasteiger partial charge in [0.15, 0.2) is 0 Å². The Labute approximate surface area is 176 Å². The van der Waals surface area contributed by atoms with E-state index in [1.165, 1.54) is 25.7 Å². The van der Waals surface area contributed by atoms with Gasteiger partial charge in [0.05, 0.1) is 17.6 Å². The first-order chi connectivity index (χ1) is 14.8. The molecule has 0 amide bonds. The van der Waals surface area contributed by atoms with E-state index in [4.69, 9.17) is 15.0 Å². The maximum Gasteiger partial charge on any atom is 0.121 e. The van der Waals surface area contributed by atoms with Crippen LogP contribution in [0.15, 0.2) is 48.5 Å². The Morgan fingerprint density at radius 1 is 0.833 bits per heavy atom. The van der Waals surface area contributed by atoms with E-state index in [2.05, 4.69) is 51.2 Å². The van der Waals surface area contributed by atoms with Crippen molar-refractivity contribution in [2.24, 2.45) is 0 Å². The first kappa shape index (κ1) is 18.1. The highest BCUT2D eigenvalue weighted by molar-refractivity contribution is 5.75. The highest BCUT2D eigenvalue weighted by Crippen LogP contribution is 2.32. The first-order valence-electron chi connectivity index (χ1n) is 11.1. The molecule has 0 radical (unpaired) electrons. The van der Waals surface area contributed by atoms with E-state index < -0.39 is 0 Å². The molecule has 2 aliphatic rings. The number of fused-ring (bicyclic) bond motifs is 2. The fraction of sp³-hybridized carbons (Fsp3) is 0.417. The lowest BCUT2D eigenvalue weighted by Gasteiger charge is -2.35. The minimum Gasteiger partial charge on any atom is -0.438 e. The SMILES string of the molecule is c1ccc2[n-]c(CN3CCC[C@H]3[C@@H]3CCCN3Cc3nc4ccccc4[nH]3)nc2c1. The molecular weight excluding hydrogens is 372 g/mol. The average molecular weight is 400 g/mol. The summed E-state index contributed by atoms with van der Waals surface area (Å²) >= 11 is 0. The van der Waals surface area contributed by atoms with Crippen LogP contribution in [0.1, 0.15) is 37.3 Å². The van der Waals surface area contributed by atoms with Gasteiger partial charge < -0.3 is 15.0 Å². The van der Waals surface area contributed by atoms with Crippen LogP contribution in [0.4, 0.5) is 0 Å². The Hall–Kier alpha value is -2.70. The van der Waals surface area contributed by atoms with Crippen molar-refractivity contribution in [3.63, 3.8) is 0 Å². The van der Waals surface area contributed by atoms with Gasteiger partial charge in [0.2, 0.25) is 0 Å². The molecule has 2 aliphatic heterocycles. The van der Waals surface area contributed by atoms with E-state index >= 15 is 0 Å². The molecule has 2 atom stereocenters. The predicted molar refractivity (Wildman–Crippen MR) is 118 cm³/mol. The van der Waals surface area contributed by atoms with Crippen LogP contribution in [0.2, 0.25) is 0 Å². The van der Waals surface area contributed by atoms with Crippen molar-refractivity contribution in [1.29, 1.82) is 0 Å². The Morgan fingerprint density at radius 2 is 1.53 bits per heavy atom. The molecule has 30 heavy (non-hydrogen) atoms. The maximum atomic E-state index is 4.82. The number of imidazole rings is 2. The number of aromatic nitrogens is 4. The number of hydrogen-bond acceptors (Lipinski definition) is 4. The largest absolute Gasteiger partial charge is 0.438 e. The molecule has 6 heteroatoms. The molecule has 0 saturated carbocycles. The molecule has 154 valence electrons. The van der Waals surface area contributed by atoms with Gasteiger partial charge in [0.25, 0.3) is 0 Å². The van der Waals surface area contributed by atoms with Crippen LogP contribution < -0.4 is 4.98 Å². The van der Waals surface area contributed by atoms with Crippen molar-refractivity contribution >= 4 is 22.1 Å². The van der Waals surface area contributed by atoms with Crippen molar-refractivity contribution < 1.29 is 0 Å². The molecule has 0 aliphatic carbocycles. The van der Waals surface area contributed by atoms with Gasteiger partial charge in [-0.25, -0.2) is 4.98 Å². The van der Waals surface area contributed by atoms with E-state index in [1.807, 2.05) is 12.1 Å². The molecule has 2 fully saturated rings. The number of rotatable bonds is 5. The van der Waals surface area contributed by atoms with Crippen LogP contribution in [-0.4, -0.2) is 49.9 Å². The smallest absolute Gasteiger partial charge is 0.121 e. The predicted octanol–water partition coefficient (Wildman–Crippen LogP) is 3.70. The van der Waals surface area contributed by atoms with Crippen molar-refractivity contribution in [2.45, 2.75) is 50.9 Å². The number of nitrogens with zero attached hydrogens (tertiary/aromatic N) is 5. The second kappa shape index (κ2) is 7.52. The average Bonchev–Trinajstić information content (AvgIpc) is 3.53. The molecule has 6 rings (SSSR count). The first-order valence-corrected chi connectivity index (χ1v) is 11.1. The van der Waals surface area contributed by atoms with Crippen LogP contribution in [0.5, 0.6) is 0 Å². The Bertz CT molecular complexity index is 1000. The number of H-pyrrole nitrogens is 1. The summed E-state index contributed by atoms with van der Waals surface area (Å²) < 4.78 is 0.